The average molecular weight is 322 g/mol. The Balaban J connectivity index is 2.02. The molecule has 2 heterocycles. The Hall–Kier alpha value is -2.43. The van der Waals surface area contributed by atoms with Crippen molar-refractivity contribution >= 4 is 10.9 Å². The van der Waals surface area contributed by atoms with E-state index in [1.165, 1.54) is 5.56 Å². The summed E-state index contributed by atoms with van der Waals surface area (Å²) in [5.41, 5.74) is 4.93. The van der Waals surface area contributed by atoms with E-state index >= 15 is 0 Å². The van der Waals surface area contributed by atoms with Gasteiger partial charge in [-0.15, -0.1) is 0 Å². The van der Waals surface area contributed by atoms with Gasteiger partial charge in [0.05, 0.1) is 17.6 Å². The summed E-state index contributed by atoms with van der Waals surface area (Å²) in [7, 11) is 0. The van der Waals surface area contributed by atoms with Gasteiger partial charge in [0.25, 0.3) is 5.56 Å². The van der Waals surface area contributed by atoms with Gasteiger partial charge in [-0.3, -0.25) is 4.79 Å². The van der Waals surface area contributed by atoms with Crippen LogP contribution in [0.1, 0.15) is 48.9 Å². The number of aromatic nitrogens is 4. The molecule has 2 aromatic heterocycles. The number of hydrogen-bond acceptors (Lipinski definition) is 3. The Morgan fingerprint density at radius 3 is 2.71 bits per heavy atom. The largest absolute Gasteiger partial charge is 0.293 e. The molecule has 5 heteroatoms. The maximum atomic E-state index is 13.0. The Bertz CT molecular complexity index is 979. The topological polar surface area (TPSA) is 52.7 Å². The molecule has 5 nitrogen and oxygen atoms in total. The van der Waals surface area contributed by atoms with E-state index in [-0.39, 0.29) is 5.56 Å². The fourth-order valence-corrected chi connectivity index (χ4v) is 3.34. The standard InChI is InChI=1S/C19H22N4O/c1-4-9-22-19(24)18-15(17(21-22)14-6-7-14)11-20-23(18)16-8-5-12(2)10-13(16)3/h5,8,10-11,14H,4,6-7,9H2,1-3H3. The molecule has 0 aliphatic heterocycles. The van der Waals surface area contributed by atoms with Crippen LogP contribution in [-0.4, -0.2) is 19.6 Å². The van der Waals surface area contributed by atoms with Crippen molar-refractivity contribution in [1.82, 2.24) is 19.6 Å². The molecule has 1 saturated carbocycles. The van der Waals surface area contributed by atoms with E-state index in [1.54, 1.807) is 9.36 Å². The minimum absolute atomic E-state index is 0.0475. The van der Waals surface area contributed by atoms with Gasteiger partial charge in [-0.25, -0.2) is 9.36 Å². The third-order valence-corrected chi connectivity index (χ3v) is 4.69. The number of nitrogens with zero attached hydrogens (tertiary/aromatic N) is 4. The molecule has 0 amide bonds. The van der Waals surface area contributed by atoms with E-state index in [0.717, 1.165) is 41.6 Å². The van der Waals surface area contributed by atoms with Crippen LogP contribution in [0, 0.1) is 13.8 Å². The van der Waals surface area contributed by atoms with E-state index < -0.39 is 0 Å². The lowest BCUT2D eigenvalue weighted by Gasteiger charge is -2.11. The molecule has 24 heavy (non-hydrogen) atoms. The van der Waals surface area contributed by atoms with Gasteiger partial charge in [0.15, 0.2) is 0 Å². The Kier molecular flexibility index (Phi) is 3.52. The first-order chi connectivity index (χ1) is 11.6. The lowest BCUT2D eigenvalue weighted by molar-refractivity contribution is 0.561. The molecule has 0 atom stereocenters. The quantitative estimate of drug-likeness (QED) is 0.739. The summed E-state index contributed by atoms with van der Waals surface area (Å²) in [6, 6.07) is 6.22. The second-order valence-corrected chi connectivity index (χ2v) is 6.80. The van der Waals surface area contributed by atoms with Crippen molar-refractivity contribution in [2.75, 3.05) is 0 Å². The van der Waals surface area contributed by atoms with Gasteiger partial charge in [-0.1, -0.05) is 24.6 Å². The summed E-state index contributed by atoms with van der Waals surface area (Å²) < 4.78 is 3.42. The second kappa shape index (κ2) is 5.58. The highest BCUT2D eigenvalue weighted by molar-refractivity contribution is 5.82. The monoisotopic (exact) mass is 322 g/mol. The third kappa shape index (κ3) is 2.35. The van der Waals surface area contributed by atoms with Crippen molar-refractivity contribution in [3.63, 3.8) is 0 Å². The van der Waals surface area contributed by atoms with E-state index in [0.29, 0.717) is 18.0 Å². The first-order valence-corrected chi connectivity index (χ1v) is 8.66. The molecule has 1 aromatic carbocycles. The average Bonchev–Trinajstić information content (AvgIpc) is 3.29. The normalized spacial score (nSPS) is 14.5. The summed E-state index contributed by atoms with van der Waals surface area (Å²) in [5, 5.41) is 10.1. The van der Waals surface area contributed by atoms with Gasteiger partial charge in [0, 0.05) is 17.8 Å². The summed E-state index contributed by atoms with van der Waals surface area (Å²) in [6.07, 6.45) is 5.01. The molecule has 0 bridgehead atoms. The van der Waals surface area contributed by atoms with Gasteiger partial charge in [-0.2, -0.15) is 10.2 Å². The zero-order valence-corrected chi connectivity index (χ0v) is 14.4. The van der Waals surface area contributed by atoms with Crippen molar-refractivity contribution in [3.05, 3.63) is 51.6 Å². The van der Waals surface area contributed by atoms with Crippen molar-refractivity contribution in [1.29, 1.82) is 0 Å². The van der Waals surface area contributed by atoms with Crippen LogP contribution in [0.4, 0.5) is 0 Å². The highest BCUT2D eigenvalue weighted by Gasteiger charge is 2.30. The van der Waals surface area contributed by atoms with Crippen LogP contribution < -0.4 is 5.56 Å². The third-order valence-electron chi connectivity index (χ3n) is 4.69. The molecule has 124 valence electrons. The molecule has 0 radical (unpaired) electrons. The minimum atomic E-state index is -0.0475. The van der Waals surface area contributed by atoms with Gasteiger partial charge in [-0.05, 0) is 44.7 Å². The van der Waals surface area contributed by atoms with Gasteiger partial charge in [0.2, 0.25) is 0 Å². The molecule has 0 spiro atoms. The number of benzene rings is 1. The molecular formula is C19H22N4O. The fraction of sp³-hybridized carbons (Fsp3) is 0.421. The van der Waals surface area contributed by atoms with Crippen molar-refractivity contribution in [2.45, 2.75) is 52.5 Å². The number of fused-ring (bicyclic) bond motifs is 1. The molecular weight excluding hydrogens is 300 g/mol. The molecule has 0 N–H and O–H groups in total. The van der Waals surface area contributed by atoms with Crippen LogP contribution in [0.15, 0.2) is 29.2 Å². The lowest BCUT2D eigenvalue weighted by atomic mass is 10.1. The minimum Gasteiger partial charge on any atom is -0.265 e. The lowest BCUT2D eigenvalue weighted by Crippen LogP contribution is -2.26. The molecule has 0 unspecified atom stereocenters. The molecule has 4 rings (SSSR count). The van der Waals surface area contributed by atoms with Crippen molar-refractivity contribution < 1.29 is 0 Å². The van der Waals surface area contributed by atoms with E-state index in [4.69, 9.17) is 0 Å². The maximum absolute atomic E-state index is 13.0. The van der Waals surface area contributed by atoms with Crippen LogP contribution in [0.25, 0.3) is 16.6 Å². The van der Waals surface area contributed by atoms with E-state index in [1.807, 2.05) is 12.3 Å². The molecule has 1 aliphatic rings. The second-order valence-electron chi connectivity index (χ2n) is 6.80. The number of rotatable bonds is 4. The Morgan fingerprint density at radius 2 is 2.04 bits per heavy atom. The molecule has 0 saturated heterocycles. The van der Waals surface area contributed by atoms with Crippen LogP contribution in [0.2, 0.25) is 0 Å². The van der Waals surface area contributed by atoms with E-state index in [9.17, 15) is 4.79 Å². The highest BCUT2D eigenvalue weighted by atomic mass is 16.1. The highest BCUT2D eigenvalue weighted by Crippen LogP contribution is 2.41. The van der Waals surface area contributed by atoms with Gasteiger partial charge >= 0.3 is 0 Å². The summed E-state index contributed by atoms with van der Waals surface area (Å²) in [4.78, 5) is 13.0. The van der Waals surface area contributed by atoms with E-state index in [2.05, 4.69) is 43.1 Å². The first kappa shape index (κ1) is 15.1. The van der Waals surface area contributed by atoms with Crippen LogP contribution in [0.3, 0.4) is 0 Å². The first-order valence-electron chi connectivity index (χ1n) is 8.66. The van der Waals surface area contributed by atoms with Crippen molar-refractivity contribution in [3.8, 4) is 5.69 Å². The predicted octanol–water partition coefficient (Wildman–Crippen LogP) is 3.49. The molecule has 1 fully saturated rings. The smallest absolute Gasteiger partial charge is 0.265 e. The fourth-order valence-electron chi connectivity index (χ4n) is 3.34. The zero-order valence-electron chi connectivity index (χ0n) is 14.4. The van der Waals surface area contributed by atoms with Crippen molar-refractivity contribution in [2.24, 2.45) is 0 Å². The van der Waals surface area contributed by atoms with Gasteiger partial charge < -0.3 is 0 Å². The maximum Gasteiger partial charge on any atom is 0.293 e. The zero-order chi connectivity index (χ0) is 16.8. The SMILES string of the molecule is CCCn1nc(C2CC2)c2cnn(-c3ccc(C)cc3C)c2c1=O. The molecule has 3 aromatic rings. The van der Waals surface area contributed by atoms with Gasteiger partial charge in [0.1, 0.15) is 5.52 Å². The number of hydrogen-bond donors (Lipinski definition) is 0. The van der Waals surface area contributed by atoms with Crippen LogP contribution in [-0.2, 0) is 6.54 Å². The number of aryl methyl sites for hydroxylation is 3. The molecule has 1 aliphatic carbocycles. The Labute approximate surface area is 140 Å². The van der Waals surface area contributed by atoms with Crippen LogP contribution in [0.5, 0.6) is 0 Å². The summed E-state index contributed by atoms with van der Waals surface area (Å²) in [5.74, 6) is 0.480. The predicted molar refractivity (Wildman–Crippen MR) is 94.9 cm³/mol. The summed E-state index contributed by atoms with van der Waals surface area (Å²) >= 11 is 0. The Morgan fingerprint density at radius 1 is 1.25 bits per heavy atom. The summed E-state index contributed by atoms with van der Waals surface area (Å²) in [6.45, 7) is 6.84. The van der Waals surface area contributed by atoms with Crippen LogP contribution >= 0.6 is 0 Å².